The predicted molar refractivity (Wildman–Crippen MR) is 71.2 cm³/mol. The quantitative estimate of drug-likeness (QED) is 0.847. The first-order valence-corrected chi connectivity index (χ1v) is 6.38. The van der Waals surface area contributed by atoms with Gasteiger partial charge in [0, 0.05) is 0 Å². The number of rotatable bonds is 3. The number of fused-ring (bicyclic) bond motifs is 1. The van der Waals surface area contributed by atoms with Crippen LogP contribution in [0.1, 0.15) is 30.4 Å². The van der Waals surface area contributed by atoms with Crippen molar-refractivity contribution in [2.45, 2.75) is 38.2 Å². The monoisotopic (exact) mass is 226 g/mol. The van der Waals surface area contributed by atoms with E-state index in [0.717, 1.165) is 25.7 Å². The van der Waals surface area contributed by atoms with E-state index in [2.05, 4.69) is 43.3 Å². The molecule has 0 aromatic heterocycles. The van der Waals surface area contributed by atoms with E-state index >= 15 is 0 Å². The third-order valence-corrected chi connectivity index (χ3v) is 3.92. The summed E-state index contributed by atoms with van der Waals surface area (Å²) >= 11 is 0. The van der Waals surface area contributed by atoms with Crippen molar-refractivity contribution in [1.29, 1.82) is 0 Å². The van der Waals surface area contributed by atoms with Gasteiger partial charge in [-0.25, -0.2) is 0 Å². The Balaban J connectivity index is 1.96. The zero-order valence-electron chi connectivity index (χ0n) is 10.2. The molecule has 0 saturated heterocycles. The lowest BCUT2D eigenvalue weighted by Gasteiger charge is -2.11. The Morgan fingerprint density at radius 1 is 1.06 bits per heavy atom. The maximum atomic E-state index is 9.92. The van der Waals surface area contributed by atoms with E-state index in [1.807, 2.05) is 0 Å². The first kappa shape index (κ1) is 10.8. The molecule has 0 amide bonds. The van der Waals surface area contributed by atoms with Gasteiger partial charge in [0.15, 0.2) is 0 Å². The van der Waals surface area contributed by atoms with E-state index in [9.17, 15) is 5.11 Å². The van der Waals surface area contributed by atoms with Crippen LogP contribution in [0.5, 0.6) is 0 Å². The fourth-order valence-corrected chi connectivity index (χ4v) is 2.49. The molecule has 0 aliphatic heterocycles. The molecule has 1 fully saturated rings. The van der Waals surface area contributed by atoms with Crippen LogP contribution in [-0.2, 0) is 6.42 Å². The van der Waals surface area contributed by atoms with Crippen molar-refractivity contribution in [3.05, 3.63) is 47.5 Å². The minimum absolute atomic E-state index is 0.341. The Morgan fingerprint density at radius 3 is 2.47 bits per heavy atom. The molecule has 0 spiro atoms. The first-order valence-electron chi connectivity index (χ1n) is 6.38. The van der Waals surface area contributed by atoms with Crippen LogP contribution < -0.4 is 0 Å². The molecule has 1 saturated carbocycles. The molecule has 1 nitrogen and oxygen atoms in total. The van der Waals surface area contributed by atoms with Crippen LogP contribution in [0.4, 0.5) is 0 Å². The topological polar surface area (TPSA) is 20.2 Å². The summed E-state index contributed by atoms with van der Waals surface area (Å²) in [6.45, 7) is 2.15. The molecule has 0 atom stereocenters. The second-order valence-electron chi connectivity index (χ2n) is 5.31. The molecule has 0 heterocycles. The molecule has 0 unspecified atom stereocenters. The minimum Gasteiger partial charge on any atom is -0.390 e. The molecule has 1 aliphatic rings. The van der Waals surface area contributed by atoms with Gasteiger partial charge in [0.1, 0.15) is 0 Å². The van der Waals surface area contributed by atoms with Crippen LogP contribution in [0.3, 0.4) is 0 Å². The zero-order chi connectivity index (χ0) is 11.9. The highest BCUT2D eigenvalue weighted by Crippen LogP contribution is 2.39. The zero-order valence-corrected chi connectivity index (χ0v) is 10.2. The standard InChI is InChI=1S/C16H18O/c1-12-6-7-13(8-9-16(17)10-11-16)15-5-3-2-4-14(12)15/h2-7,17H,8-11H2,1H3. The summed E-state index contributed by atoms with van der Waals surface area (Å²) in [5.74, 6) is 0. The Hall–Kier alpha value is -1.34. The fourth-order valence-electron chi connectivity index (χ4n) is 2.49. The van der Waals surface area contributed by atoms with Crippen molar-refractivity contribution in [3.8, 4) is 0 Å². The summed E-state index contributed by atoms with van der Waals surface area (Å²) in [6, 6.07) is 13.0. The molecule has 2 aromatic carbocycles. The Bertz CT molecular complexity index is 552. The van der Waals surface area contributed by atoms with Gasteiger partial charge in [-0.05, 0) is 54.5 Å². The highest BCUT2D eigenvalue weighted by atomic mass is 16.3. The third-order valence-electron chi connectivity index (χ3n) is 3.92. The van der Waals surface area contributed by atoms with Crippen LogP contribution in [0.15, 0.2) is 36.4 Å². The van der Waals surface area contributed by atoms with E-state index in [4.69, 9.17) is 0 Å². The van der Waals surface area contributed by atoms with E-state index in [1.165, 1.54) is 21.9 Å². The van der Waals surface area contributed by atoms with Gasteiger partial charge < -0.3 is 5.11 Å². The second-order valence-corrected chi connectivity index (χ2v) is 5.31. The lowest BCUT2D eigenvalue weighted by atomic mass is 9.96. The van der Waals surface area contributed by atoms with E-state index < -0.39 is 0 Å². The van der Waals surface area contributed by atoms with Gasteiger partial charge in [-0.2, -0.15) is 0 Å². The van der Waals surface area contributed by atoms with E-state index in [1.54, 1.807) is 0 Å². The number of hydrogen-bond acceptors (Lipinski definition) is 1. The lowest BCUT2D eigenvalue weighted by Crippen LogP contribution is -2.07. The maximum Gasteiger partial charge on any atom is 0.0653 e. The van der Waals surface area contributed by atoms with Crippen LogP contribution in [0, 0.1) is 6.92 Å². The van der Waals surface area contributed by atoms with E-state index in [0.29, 0.717) is 0 Å². The Labute approximate surface area is 102 Å². The van der Waals surface area contributed by atoms with Crippen molar-refractivity contribution in [2.75, 3.05) is 0 Å². The van der Waals surface area contributed by atoms with Crippen molar-refractivity contribution >= 4 is 10.8 Å². The first-order chi connectivity index (χ1) is 8.18. The van der Waals surface area contributed by atoms with Gasteiger partial charge in [0.25, 0.3) is 0 Å². The number of aryl methyl sites for hydroxylation is 2. The molecule has 88 valence electrons. The largest absolute Gasteiger partial charge is 0.390 e. The SMILES string of the molecule is Cc1ccc(CCC2(O)CC2)c2ccccc12. The summed E-state index contributed by atoms with van der Waals surface area (Å²) in [6.07, 6.45) is 3.85. The molecule has 0 bridgehead atoms. The smallest absolute Gasteiger partial charge is 0.0653 e. The molecule has 1 heteroatoms. The van der Waals surface area contributed by atoms with Gasteiger partial charge in [-0.1, -0.05) is 36.4 Å². The molecule has 3 rings (SSSR count). The second kappa shape index (κ2) is 3.85. The summed E-state index contributed by atoms with van der Waals surface area (Å²) in [5.41, 5.74) is 2.35. The van der Waals surface area contributed by atoms with Crippen LogP contribution >= 0.6 is 0 Å². The van der Waals surface area contributed by atoms with Gasteiger partial charge in [0.2, 0.25) is 0 Å². The third kappa shape index (κ3) is 2.07. The molecular formula is C16H18O. The van der Waals surface area contributed by atoms with Crippen molar-refractivity contribution in [1.82, 2.24) is 0 Å². The van der Waals surface area contributed by atoms with E-state index in [-0.39, 0.29) is 5.60 Å². The van der Waals surface area contributed by atoms with Crippen LogP contribution in [0.2, 0.25) is 0 Å². The molecule has 1 aliphatic carbocycles. The fraction of sp³-hybridized carbons (Fsp3) is 0.375. The van der Waals surface area contributed by atoms with Gasteiger partial charge in [-0.3, -0.25) is 0 Å². The molecule has 0 radical (unpaired) electrons. The average molecular weight is 226 g/mol. The van der Waals surface area contributed by atoms with Gasteiger partial charge in [0.05, 0.1) is 5.60 Å². The Kier molecular flexibility index (Phi) is 2.44. The van der Waals surface area contributed by atoms with Gasteiger partial charge in [-0.15, -0.1) is 0 Å². The number of aliphatic hydroxyl groups is 1. The normalized spacial score (nSPS) is 17.3. The van der Waals surface area contributed by atoms with Crippen molar-refractivity contribution in [3.63, 3.8) is 0 Å². The summed E-state index contributed by atoms with van der Waals surface area (Å²) in [7, 11) is 0. The molecule has 1 N–H and O–H groups in total. The number of benzene rings is 2. The van der Waals surface area contributed by atoms with Gasteiger partial charge >= 0.3 is 0 Å². The number of hydrogen-bond donors (Lipinski definition) is 1. The highest BCUT2D eigenvalue weighted by molar-refractivity contribution is 5.88. The van der Waals surface area contributed by atoms with Crippen molar-refractivity contribution in [2.24, 2.45) is 0 Å². The lowest BCUT2D eigenvalue weighted by molar-refractivity contribution is 0.140. The van der Waals surface area contributed by atoms with Crippen molar-refractivity contribution < 1.29 is 5.11 Å². The molecule has 2 aromatic rings. The summed E-state index contributed by atoms with van der Waals surface area (Å²) in [5, 5.41) is 12.6. The summed E-state index contributed by atoms with van der Waals surface area (Å²) < 4.78 is 0. The predicted octanol–water partition coefficient (Wildman–Crippen LogP) is 3.61. The maximum absolute atomic E-state index is 9.92. The highest BCUT2D eigenvalue weighted by Gasteiger charge is 2.39. The molecular weight excluding hydrogens is 208 g/mol. The molecule has 17 heavy (non-hydrogen) atoms. The average Bonchev–Trinajstić information content (AvgIpc) is 3.08. The minimum atomic E-state index is -0.341. The van der Waals surface area contributed by atoms with Crippen LogP contribution in [0.25, 0.3) is 10.8 Å². The van der Waals surface area contributed by atoms with Crippen LogP contribution in [-0.4, -0.2) is 10.7 Å². The Morgan fingerprint density at radius 2 is 1.76 bits per heavy atom. The summed E-state index contributed by atoms with van der Waals surface area (Å²) in [4.78, 5) is 0.